The molecule has 0 saturated carbocycles. The lowest BCUT2D eigenvalue weighted by atomic mass is 10.3. The van der Waals surface area contributed by atoms with Gasteiger partial charge in [-0.3, -0.25) is 0 Å². The van der Waals surface area contributed by atoms with E-state index in [1.165, 1.54) is 0 Å². The van der Waals surface area contributed by atoms with Crippen LogP contribution >= 0.6 is 0 Å². The molecule has 4 heteroatoms. The third-order valence-electron chi connectivity index (χ3n) is 2.18. The second-order valence-corrected chi connectivity index (χ2v) is 3.56. The molecule has 0 aliphatic heterocycles. The topological polar surface area (TPSA) is 43.6 Å². The van der Waals surface area contributed by atoms with E-state index in [1.54, 1.807) is 4.68 Å². The van der Waals surface area contributed by atoms with Gasteiger partial charge >= 0.3 is 0 Å². The molecule has 0 aromatic carbocycles. The van der Waals surface area contributed by atoms with Crippen molar-refractivity contribution >= 4 is 0 Å². The van der Waals surface area contributed by atoms with Crippen LogP contribution in [-0.4, -0.2) is 19.7 Å². The lowest BCUT2D eigenvalue weighted by Crippen LogP contribution is -2.04. The largest absolute Gasteiger partial charge is 0.250 e. The normalized spacial score (nSPS) is 10.6. The van der Waals surface area contributed by atoms with Gasteiger partial charge < -0.3 is 0 Å². The zero-order valence-electron chi connectivity index (χ0n) is 9.23. The molecular formula is C11H14N4. The summed E-state index contributed by atoms with van der Waals surface area (Å²) in [6.07, 6.45) is 2.82. The van der Waals surface area contributed by atoms with Crippen LogP contribution in [0.15, 0.2) is 18.3 Å². The summed E-state index contributed by atoms with van der Waals surface area (Å²) in [7, 11) is 0. The molecule has 0 saturated heterocycles. The summed E-state index contributed by atoms with van der Waals surface area (Å²) in [6, 6.07) is 3.94. The molecule has 0 bridgehead atoms. The minimum atomic E-state index is 0.646. The predicted octanol–water partition coefficient (Wildman–Crippen LogP) is 1.84. The number of aryl methyl sites for hydroxylation is 3. The molecule has 0 aliphatic rings. The van der Waals surface area contributed by atoms with Crippen molar-refractivity contribution in [1.29, 1.82) is 0 Å². The quantitative estimate of drug-likeness (QED) is 0.746. The maximum atomic E-state index is 4.37. The minimum Gasteiger partial charge on any atom is -0.216 e. The fourth-order valence-electron chi connectivity index (χ4n) is 1.47. The van der Waals surface area contributed by atoms with Crippen LogP contribution in [0.1, 0.15) is 24.0 Å². The molecule has 2 rings (SSSR count). The third-order valence-corrected chi connectivity index (χ3v) is 2.18. The molecule has 0 aliphatic carbocycles. The third kappa shape index (κ3) is 2.03. The minimum absolute atomic E-state index is 0.646. The molecule has 4 nitrogen and oxygen atoms in total. The van der Waals surface area contributed by atoms with E-state index in [9.17, 15) is 0 Å². The molecule has 15 heavy (non-hydrogen) atoms. The first kappa shape index (κ1) is 9.83. The maximum absolute atomic E-state index is 4.37. The van der Waals surface area contributed by atoms with Gasteiger partial charge in [0.25, 0.3) is 5.95 Å². The Morgan fingerprint density at radius 3 is 2.40 bits per heavy atom. The Labute approximate surface area is 89.0 Å². The SMILES string of the molecule is CCc1ccn(-c2nc(C)cc(C)n2)n1. The Morgan fingerprint density at radius 2 is 1.87 bits per heavy atom. The number of rotatable bonds is 2. The Balaban J connectivity index is 2.44. The van der Waals surface area contributed by atoms with Crippen LogP contribution in [-0.2, 0) is 6.42 Å². The van der Waals surface area contributed by atoms with Crippen molar-refractivity contribution in [3.05, 3.63) is 35.4 Å². The molecule has 2 aromatic heterocycles. The molecule has 0 spiro atoms. The number of hydrogen-bond acceptors (Lipinski definition) is 3. The van der Waals surface area contributed by atoms with Crippen molar-refractivity contribution in [2.45, 2.75) is 27.2 Å². The molecule has 0 radical (unpaired) electrons. The maximum Gasteiger partial charge on any atom is 0.250 e. The van der Waals surface area contributed by atoms with Crippen molar-refractivity contribution in [1.82, 2.24) is 19.7 Å². The smallest absolute Gasteiger partial charge is 0.216 e. The van der Waals surface area contributed by atoms with E-state index in [0.717, 1.165) is 23.5 Å². The van der Waals surface area contributed by atoms with E-state index in [4.69, 9.17) is 0 Å². The number of hydrogen-bond donors (Lipinski definition) is 0. The summed E-state index contributed by atoms with van der Waals surface area (Å²) in [5.74, 6) is 0.646. The van der Waals surface area contributed by atoms with Gasteiger partial charge in [0.05, 0.1) is 5.69 Å². The zero-order valence-corrected chi connectivity index (χ0v) is 9.23. The van der Waals surface area contributed by atoms with Gasteiger partial charge in [0.15, 0.2) is 0 Å². The van der Waals surface area contributed by atoms with Crippen LogP contribution in [0.5, 0.6) is 0 Å². The number of nitrogens with zero attached hydrogens (tertiary/aromatic N) is 4. The van der Waals surface area contributed by atoms with E-state index in [2.05, 4.69) is 22.0 Å². The summed E-state index contributed by atoms with van der Waals surface area (Å²) in [5.41, 5.74) is 2.98. The predicted molar refractivity (Wildman–Crippen MR) is 58.0 cm³/mol. The van der Waals surface area contributed by atoms with Gasteiger partial charge in [-0.25, -0.2) is 14.6 Å². The van der Waals surface area contributed by atoms with Crippen LogP contribution in [0.4, 0.5) is 0 Å². The van der Waals surface area contributed by atoms with Gasteiger partial charge in [0, 0.05) is 17.6 Å². The lowest BCUT2D eigenvalue weighted by molar-refractivity contribution is 0.774. The van der Waals surface area contributed by atoms with Crippen LogP contribution in [0.25, 0.3) is 5.95 Å². The molecule has 0 atom stereocenters. The van der Waals surface area contributed by atoms with Gasteiger partial charge in [0.2, 0.25) is 0 Å². The number of aromatic nitrogens is 4. The second-order valence-electron chi connectivity index (χ2n) is 3.56. The standard InChI is InChI=1S/C11H14N4/c1-4-10-5-6-15(14-10)11-12-8(2)7-9(3)13-11/h5-7H,4H2,1-3H3. The molecule has 2 aromatic rings. The van der Waals surface area contributed by atoms with E-state index in [-0.39, 0.29) is 0 Å². The van der Waals surface area contributed by atoms with E-state index < -0.39 is 0 Å². The van der Waals surface area contributed by atoms with Crippen LogP contribution < -0.4 is 0 Å². The Morgan fingerprint density at radius 1 is 1.20 bits per heavy atom. The Kier molecular flexibility index (Phi) is 2.49. The zero-order chi connectivity index (χ0) is 10.8. The van der Waals surface area contributed by atoms with Crippen LogP contribution in [0.2, 0.25) is 0 Å². The van der Waals surface area contributed by atoms with Gasteiger partial charge in [-0.2, -0.15) is 5.10 Å². The highest BCUT2D eigenvalue weighted by Gasteiger charge is 2.03. The first-order chi connectivity index (χ1) is 7.19. The Bertz CT molecular complexity index is 453. The highest BCUT2D eigenvalue weighted by Crippen LogP contribution is 2.05. The summed E-state index contributed by atoms with van der Waals surface area (Å²) < 4.78 is 1.72. The molecule has 0 amide bonds. The van der Waals surface area contributed by atoms with E-state index in [1.807, 2.05) is 32.2 Å². The molecule has 0 N–H and O–H groups in total. The summed E-state index contributed by atoms with van der Waals surface area (Å²) >= 11 is 0. The van der Waals surface area contributed by atoms with Gasteiger partial charge in [-0.1, -0.05) is 6.92 Å². The average Bonchev–Trinajstić information content (AvgIpc) is 2.64. The fourth-order valence-corrected chi connectivity index (χ4v) is 1.47. The first-order valence-corrected chi connectivity index (χ1v) is 5.06. The first-order valence-electron chi connectivity index (χ1n) is 5.06. The van der Waals surface area contributed by atoms with Crippen molar-refractivity contribution in [3.8, 4) is 5.95 Å². The highest BCUT2D eigenvalue weighted by atomic mass is 15.3. The summed E-state index contributed by atoms with van der Waals surface area (Å²) in [4.78, 5) is 8.68. The highest BCUT2D eigenvalue weighted by molar-refractivity contribution is 5.18. The monoisotopic (exact) mass is 202 g/mol. The van der Waals surface area contributed by atoms with Crippen molar-refractivity contribution in [2.75, 3.05) is 0 Å². The average molecular weight is 202 g/mol. The van der Waals surface area contributed by atoms with Crippen LogP contribution in [0.3, 0.4) is 0 Å². The molecular weight excluding hydrogens is 188 g/mol. The van der Waals surface area contributed by atoms with Crippen molar-refractivity contribution < 1.29 is 0 Å². The molecule has 0 unspecified atom stereocenters. The second kappa shape index (κ2) is 3.81. The van der Waals surface area contributed by atoms with Gasteiger partial charge in [0.1, 0.15) is 0 Å². The van der Waals surface area contributed by atoms with Gasteiger partial charge in [-0.05, 0) is 32.4 Å². The summed E-state index contributed by atoms with van der Waals surface area (Å²) in [6.45, 7) is 6.00. The van der Waals surface area contributed by atoms with Crippen molar-refractivity contribution in [3.63, 3.8) is 0 Å². The molecule has 0 fully saturated rings. The molecule has 78 valence electrons. The Hall–Kier alpha value is -1.71. The molecule has 2 heterocycles. The fraction of sp³-hybridized carbons (Fsp3) is 0.364. The van der Waals surface area contributed by atoms with E-state index >= 15 is 0 Å². The van der Waals surface area contributed by atoms with Crippen LogP contribution in [0, 0.1) is 13.8 Å². The van der Waals surface area contributed by atoms with Crippen molar-refractivity contribution in [2.24, 2.45) is 0 Å². The summed E-state index contributed by atoms with van der Waals surface area (Å²) in [5, 5.41) is 4.37. The lowest BCUT2D eigenvalue weighted by Gasteiger charge is -2.02. The van der Waals surface area contributed by atoms with E-state index in [0.29, 0.717) is 5.95 Å². The van der Waals surface area contributed by atoms with Gasteiger partial charge in [-0.15, -0.1) is 0 Å².